The molecule has 0 unspecified atom stereocenters. The molecule has 2 aliphatic rings. The van der Waals surface area contributed by atoms with Crippen LogP contribution < -0.4 is 10.9 Å². The van der Waals surface area contributed by atoms with E-state index < -0.39 is 6.04 Å². The standard InChI is InChI=1S/C26H26FN3O3/c1-2-29-23-20(21(15-31)24(29)25(32)28-18-6-4-3-5-7-18)14-30-22(23)13-12-19(26(30)33)16-8-10-17(27)11-9-16/h3-13,20-21,23-24,31H,2,14-15H2,1H3,(H,28,32)/t20-,21-,23+,24-/m1/s1. The Morgan fingerprint density at radius 3 is 2.48 bits per heavy atom. The number of anilines is 1. The minimum absolute atomic E-state index is 0.0577. The van der Waals surface area contributed by atoms with Crippen LogP contribution in [-0.4, -0.2) is 39.7 Å². The number of pyridine rings is 1. The number of nitrogens with one attached hydrogen (secondary N) is 1. The van der Waals surface area contributed by atoms with E-state index in [2.05, 4.69) is 10.2 Å². The van der Waals surface area contributed by atoms with Gasteiger partial charge >= 0.3 is 0 Å². The molecule has 170 valence electrons. The Morgan fingerprint density at radius 1 is 1.09 bits per heavy atom. The maximum Gasteiger partial charge on any atom is 0.258 e. The minimum atomic E-state index is -0.490. The van der Waals surface area contributed by atoms with Crippen molar-refractivity contribution in [3.8, 4) is 11.1 Å². The number of benzene rings is 2. The van der Waals surface area contributed by atoms with Gasteiger partial charge in [-0.25, -0.2) is 4.39 Å². The van der Waals surface area contributed by atoms with Gasteiger partial charge in [-0.2, -0.15) is 0 Å². The second kappa shape index (κ2) is 8.57. The molecule has 1 fully saturated rings. The largest absolute Gasteiger partial charge is 0.396 e. The van der Waals surface area contributed by atoms with Crippen molar-refractivity contribution in [2.24, 2.45) is 11.8 Å². The van der Waals surface area contributed by atoms with Crippen LogP contribution in [0.5, 0.6) is 0 Å². The summed E-state index contributed by atoms with van der Waals surface area (Å²) in [7, 11) is 0. The van der Waals surface area contributed by atoms with Crippen LogP contribution in [0.2, 0.25) is 0 Å². The fraction of sp³-hybridized carbons (Fsp3) is 0.308. The maximum atomic E-state index is 13.3. The van der Waals surface area contributed by atoms with E-state index in [9.17, 15) is 19.1 Å². The molecular weight excluding hydrogens is 421 g/mol. The van der Waals surface area contributed by atoms with Crippen molar-refractivity contribution >= 4 is 11.6 Å². The zero-order valence-electron chi connectivity index (χ0n) is 18.3. The number of aromatic nitrogens is 1. The first-order valence-corrected chi connectivity index (χ1v) is 11.3. The first-order valence-electron chi connectivity index (χ1n) is 11.3. The molecule has 3 aromatic rings. The number of aliphatic hydroxyl groups is 1. The Kier molecular flexibility index (Phi) is 5.60. The van der Waals surface area contributed by atoms with Crippen molar-refractivity contribution in [2.75, 3.05) is 18.5 Å². The zero-order valence-corrected chi connectivity index (χ0v) is 18.3. The molecule has 0 radical (unpaired) electrons. The van der Waals surface area contributed by atoms with Gasteiger partial charge in [-0.15, -0.1) is 0 Å². The number of carbonyl (C=O) groups excluding carboxylic acids is 1. The topological polar surface area (TPSA) is 74.6 Å². The van der Waals surface area contributed by atoms with Gasteiger partial charge in [-0.3, -0.25) is 14.5 Å². The Balaban J connectivity index is 1.50. The van der Waals surface area contributed by atoms with Gasteiger partial charge in [0, 0.05) is 41.9 Å². The van der Waals surface area contributed by atoms with Crippen LogP contribution in [0.25, 0.3) is 11.1 Å². The highest BCUT2D eigenvalue weighted by atomic mass is 19.1. The van der Waals surface area contributed by atoms with E-state index >= 15 is 0 Å². The molecule has 7 heteroatoms. The van der Waals surface area contributed by atoms with Gasteiger partial charge in [0.2, 0.25) is 5.91 Å². The SMILES string of the molecule is CCN1[C@@H]2c3ccc(-c4ccc(F)cc4)c(=O)n3C[C@@H]2[C@@H](CO)[C@@H]1C(=O)Nc1ccccc1. The van der Waals surface area contributed by atoms with E-state index in [1.54, 1.807) is 22.8 Å². The second-order valence-electron chi connectivity index (χ2n) is 8.68. The molecule has 6 nitrogen and oxygen atoms in total. The molecule has 4 atom stereocenters. The lowest BCUT2D eigenvalue weighted by atomic mass is 9.88. The fourth-order valence-corrected chi connectivity index (χ4v) is 5.57. The highest BCUT2D eigenvalue weighted by molar-refractivity contribution is 5.95. The Hall–Kier alpha value is -3.29. The molecule has 2 aliphatic heterocycles. The number of hydrogen-bond donors (Lipinski definition) is 2. The number of fused-ring (bicyclic) bond motifs is 3. The lowest BCUT2D eigenvalue weighted by molar-refractivity contribution is -0.122. The van der Waals surface area contributed by atoms with Gasteiger partial charge in [0.25, 0.3) is 5.56 Å². The number of aliphatic hydroxyl groups excluding tert-OH is 1. The number of hydrogen-bond acceptors (Lipinski definition) is 4. The van der Waals surface area contributed by atoms with Gasteiger partial charge < -0.3 is 15.0 Å². The number of nitrogens with zero attached hydrogens (tertiary/aromatic N) is 2. The highest BCUT2D eigenvalue weighted by Crippen LogP contribution is 2.49. The van der Waals surface area contributed by atoms with Crippen LogP contribution in [0.3, 0.4) is 0 Å². The van der Waals surface area contributed by atoms with Crippen molar-refractivity contribution < 1.29 is 14.3 Å². The van der Waals surface area contributed by atoms with Crippen LogP contribution in [0, 0.1) is 17.7 Å². The van der Waals surface area contributed by atoms with E-state index in [0.717, 1.165) is 5.69 Å². The summed E-state index contributed by atoms with van der Waals surface area (Å²) in [5.74, 6) is -0.850. The van der Waals surface area contributed by atoms with Gasteiger partial charge in [0.15, 0.2) is 0 Å². The summed E-state index contributed by atoms with van der Waals surface area (Å²) in [5, 5.41) is 13.3. The van der Waals surface area contributed by atoms with E-state index in [4.69, 9.17) is 0 Å². The van der Waals surface area contributed by atoms with Crippen LogP contribution >= 0.6 is 0 Å². The van der Waals surface area contributed by atoms with Crippen molar-refractivity contribution in [1.29, 1.82) is 0 Å². The third-order valence-corrected chi connectivity index (χ3v) is 7.02. The molecule has 0 aliphatic carbocycles. The van der Waals surface area contributed by atoms with Crippen LogP contribution in [0.1, 0.15) is 18.7 Å². The molecule has 0 saturated carbocycles. The van der Waals surface area contributed by atoms with Gasteiger partial charge in [0.1, 0.15) is 5.82 Å². The summed E-state index contributed by atoms with van der Waals surface area (Å²) in [5.41, 5.74) is 2.62. The predicted molar refractivity (Wildman–Crippen MR) is 124 cm³/mol. The molecule has 2 N–H and O–H groups in total. The quantitative estimate of drug-likeness (QED) is 0.630. The molecular formula is C26H26FN3O3. The number of rotatable bonds is 5. The summed E-state index contributed by atoms with van der Waals surface area (Å²) in [6, 6.07) is 18.3. The molecule has 1 amide bonds. The summed E-state index contributed by atoms with van der Waals surface area (Å²) in [4.78, 5) is 28.7. The highest BCUT2D eigenvalue weighted by Gasteiger charge is 2.55. The molecule has 3 heterocycles. The number of likely N-dealkylation sites (N-methyl/N-ethyl adjacent to an activating group) is 1. The van der Waals surface area contributed by atoms with E-state index in [-0.39, 0.29) is 41.8 Å². The molecule has 1 aromatic heterocycles. The van der Waals surface area contributed by atoms with Gasteiger partial charge in [-0.05, 0) is 48.5 Å². The Labute approximate surface area is 191 Å². The fourth-order valence-electron chi connectivity index (χ4n) is 5.57. The average molecular weight is 448 g/mol. The number of para-hydroxylation sites is 1. The predicted octanol–water partition coefficient (Wildman–Crippen LogP) is 3.28. The van der Waals surface area contributed by atoms with Crippen molar-refractivity contribution in [1.82, 2.24) is 9.47 Å². The smallest absolute Gasteiger partial charge is 0.258 e. The molecule has 1 saturated heterocycles. The first-order chi connectivity index (χ1) is 16.0. The maximum absolute atomic E-state index is 13.3. The number of halogens is 1. The number of carbonyl (C=O) groups is 1. The van der Waals surface area contributed by atoms with E-state index in [1.807, 2.05) is 43.3 Å². The van der Waals surface area contributed by atoms with Crippen LogP contribution in [0.15, 0.2) is 71.5 Å². The first kappa shape index (κ1) is 21.6. The van der Waals surface area contributed by atoms with Crippen molar-refractivity contribution in [2.45, 2.75) is 25.6 Å². The molecule has 2 aromatic carbocycles. The second-order valence-corrected chi connectivity index (χ2v) is 8.68. The molecule has 33 heavy (non-hydrogen) atoms. The average Bonchev–Trinajstić information content (AvgIpc) is 3.35. The summed E-state index contributed by atoms with van der Waals surface area (Å²) >= 11 is 0. The summed E-state index contributed by atoms with van der Waals surface area (Å²) in [6.45, 7) is 2.90. The zero-order chi connectivity index (χ0) is 23.1. The minimum Gasteiger partial charge on any atom is -0.396 e. The van der Waals surface area contributed by atoms with E-state index in [0.29, 0.717) is 29.9 Å². The third kappa shape index (κ3) is 3.57. The number of likely N-dealkylation sites (tertiary alicyclic amines) is 1. The van der Waals surface area contributed by atoms with E-state index in [1.165, 1.54) is 12.1 Å². The molecule has 0 spiro atoms. The summed E-state index contributed by atoms with van der Waals surface area (Å²) in [6.07, 6.45) is 0. The normalized spacial score (nSPS) is 23.8. The van der Waals surface area contributed by atoms with Gasteiger partial charge in [-0.1, -0.05) is 37.3 Å². The lowest BCUT2D eigenvalue weighted by Crippen LogP contribution is -2.45. The third-order valence-electron chi connectivity index (χ3n) is 7.02. The Morgan fingerprint density at radius 2 is 1.82 bits per heavy atom. The monoisotopic (exact) mass is 447 g/mol. The molecule has 0 bridgehead atoms. The Bertz CT molecular complexity index is 1230. The van der Waals surface area contributed by atoms with Gasteiger partial charge in [0.05, 0.1) is 12.1 Å². The molecule has 5 rings (SSSR count). The van der Waals surface area contributed by atoms with Crippen molar-refractivity contribution in [3.63, 3.8) is 0 Å². The summed E-state index contributed by atoms with van der Waals surface area (Å²) < 4.78 is 15.1. The van der Waals surface area contributed by atoms with Crippen molar-refractivity contribution in [3.05, 3.63) is 88.6 Å². The number of amides is 1. The lowest BCUT2D eigenvalue weighted by Gasteiger charge is -2.29. The van der Waals surface area contributed by atoms with Crippen LogP contribution in [-0.2, 0) is 11.3 Å². The van der Waals surface area contributed by atoms with Crippen LogP contribution in [0.4, 0.5) is 10.1 Å².